The monoisotopic (exact) mass is 326 g/mol. The molecule has 0 aromatic rings. The van der Waals surface area contributed by atoms with E-state index >= 15 is 0 Å². The van der Waals surface area contributed by atoms with Crippen LogP contribution in [0.15, 0.2) is 85.1 Å². The molecule has 130 valence electrons. The Hall–Kier alpha value is -2.35. The topological polar surface area (TPSA) is 37.3 Å². The third-order valence-electron chi connectivity index (χ3n) is 2.92. The smallest absolute Gasteiger partial charge is 0.328 e. The summed E-state index contributed by atoms with van der Waals surface area (Å²) in [4.78, 5) is 10.2. The van der Waals surface area contributed by atoms with E-state index in [1.54, 1.807) is 6.08 Å². The van der Waals surface area contributed by atoms with E-state index in [4.69, 9.17) is 5.11 Å². The van der Waals surface area contributed by atoms with Crippen molar-refractivity contribution in [3.8, 4) is 0 Å². The minimum Gasteiger partial charge on any atom is -0.478 e. The van der Waals surface area contributed by atoms with Crippen LogP contribution in [-0.2, 0) is 4.79 Å². The standard InChI is InChI=1S/C22H30O2/c1-2-3-4-5-6-7-8-9-10-11-12-13-14-15-16-17-18-19-20-21-22(23)24/h3-4,6-7,9-10,12-13,15-16,18-21H,2,5,8,11,14,17H2,1H3,(H,23,24)/b4-3?,7-6?,10-9?,13-12?,16-15?,19-18+,21-20+. The van der Waals surface area contributed by atoms with E-state index in [0.29, 0.717) is 0 Å². The van der Waals surface area contributed by atoms with E-state index in [0.717, 1.165) is 44.6 Å². The Bertz CT molecular complexity index is 500. The second-order valence-corrected chi connectivity index (χ2v) is 5.07. The zero-order chi connectivity index (χ0) is 17.7. The van der Waals surface area contributed by atoms with Gasteiger partial charge in [-0.05, 0) is 38.5 Å². The van der Waals surface area contributed by atoms with Gasteiger partial charge in [0.25, 0.3) is 0 Å². The van der Waals surface area contributed by atoms with Crippen LogP contribution >= 0.6 is 0 Å². The van der Waals surface area contributed by atoms with Gasteiger partial charge in [-0.2, -0.15) is 0 Å². The molecule has 2 heteroatoms. The van der Waals surface area contributed by atoms with Gasteiger partial charge in [-0.3, -0.25) is 0 Å². The fourth-order valence-electron chi connectivity index (χ4n) is 1.72. The molecule has 0 aliphatic heterocycles. The quantitative estimate of drug-likeness (QED) is 0.244. The van der Waals surface area contributed by atoms with Crippen molar-refractivity contribution in [1.82, 2.24) is 0 Å². The van der Waals surface area contributed by atoms with Crippen molar-refractivity contribution in [2.45, 2.75) is 45.4 Å². The van der Waals surface area contributed by atoms with E-state index in [-0.39, 0.29) is 0 Å². The molecule has 0 atom stereocenters. The Balaban J connectivity index is 3.58. The zero-order valence-electron chi connectivity index (χ0n) is 14.7. The molecule has 0 heterocycles. The maximum atomic E-state index is 10.2. The molecule has 0 saturated carbocycles. The molecule has 0 aromatic carbocycles. The highest BCUT2D eigenvalue weighted by molar-refractivity contribution is 5.80. The molecule has 0 saturated heterocycles. The molecule has 24 heavy (non-hydrogen) atoms. The minimum absolute atomic E-state index is 0.817. The summed E-state index contributed by atoms with van der Waals surface area (Å²) in [5.41, 5.74) is 0. The molecule has 0 rings (SSSR count). The Morgan fingerprint density at radius 3 is 1.38 bits per heavy atom. The highest BCUT2D eigenvalue weighted by Gasteiger charge is 1.80. The van der Waals surface area contributed by atoms with Gasteiger partial charge in [0.2, 0.25) is 0 Å². The summed E-state index contributed by atoms with van der Waals surface area (Å²) in [6.07, 6.45) is 33.8. The normalized spacial score (nSPS) is 13.4. The van der Waals surface area contributed by atoms with Crippen LogP contribution in [0.2, 0.25) is 0 Å². The van der Waals surface area contributed by atoms with Gasteiger partial charge >= 0.3 is 5.97 Å². The highest BCUT2D eigenvalue weighted by Crippen LogP contribution is 1.96. The van der Waals surface area contributed by atoms with Crippen LogP contribution in [-0.4, -0.2) is 11.1 Å². The van der Waals surface area contributed by atoms with Crippen molar-refractivity contribution in [2.75, 3.05) is 0 Å². The summed E-state index contributed by atoms with van der Waals surface area (Å²) >= 11 is 0. The van der Waals surface area contributed by atoms with Gasteiger partial charge in [0.05, 0.1) is 0 Å². The molecule has 0 bridgehead atoms. The summed E-state index contributed by atoms with van der Waals surface area (Å²) in [5.74, 6) is -0.922. The summed E-state index contributed by atoms with van der Waals surface area (Å²) in [6, 6.07) is 0. The molecule has 1 N–H and O–H groups in total. The van der Waals surface area contributed by atoms with Crippen molar-refractivity contribution < 1.29 is 9.90 Å². The summed E-state index contributed by atoms with van der Waals surface area (Å²) < 4.78 is 0. The number of carboxylic acid groups (broad SMARTS) is 1. The minimum atomic E-state index is -0.922. The highest BCUT2D eigenvalue weighted by atomic mass is 16.4. The maximum absolute atomic E-state index is 10.2. The number of hydrogen-bond acceptors (Lipinski definition) is 1. The summed E-state index contributed by atoms with van der Waals surface area (Å²) in [5, 5.41) is 8.40. The fraction of sp³-hybridized carbons (Fsp3) is 0.318. The predicted molar refractivity (Wildman–Crippen MR) is 105 cm³/mol. The predicted octanol–water partition coefficient (Wildman–Crippen LogP) is 6.32. The van der Waals surface area contributed by atoms with Gasteiger partial charge in [-0.15, -0.1) is 0 Å². The molecule has 0 aliphatic carbocycles. The van der Waals surface area contributed by atoms with Crippen molar-refractivity contribution in [1.29, 1.82) is 0 Å². The van der Waals surface area contributed by atoms with Crippen molar-refractivity contribution in [3.05, 3.63) is 85.1 Å². The lowest BCUT2D eigenvalue weighted by Gasteiger charge is -1.85. The Labute approximate surface area is 147 Å². The van der Waals surface area contributed by atoms with Crippen LogP contribution in [0.4, 0.5) is 0 Å². The van der Waals surface area contributed by atoms with Crippen LogP contribution in [0.5, 0.6) is 0 Å². The van der Waals surface area contributed by atoms with E-state index in [1.807, 2.05) is 6.08 Å². The number of allylic oxidation sites excluding steroid dienone is 13. The van der Waals surface area contributed by atoms with Crippen molar-refractivity contribution >= 4 is 5.97 Å². The SMILES string of the molecule is CCC=CCC=CCC=CCC=CCC=CC/C=C/C=C/C(=O)O. The van der Waals surface area contributed by atoms with E-state index in [2.05, 4.69) is 67.7 Å². The Kier molecular flexibility index (Phi) is 16.9. The number of hydrogen-bond donors (Lipinski definition) is 1. The maximum Gasteiger partial charge on any atom is 0.328 e. The van der Waals surface area contributed by atoms with E-state index < -0.39 is 5.97 Å². The molecular weight excluding hydrogens is 296 g/mol. The van der Waals surface area contributed by atoms with E-state index in [1.165, 1.54) is 6.08 Å². The first kappa shape index (κ1) is 21.6. The summed E-state index contributed by atoms with van der Waals surface area (Å²) in [6.45, 7) is 2.14. The van der Waals surface area contributed by atoms with Gasteiger partial charge in [-0.1, -0.05) is 85.9 Å². The second-order valence-electron chi connectivity index (χ2n) is 5.07. The summed E-state index contributed by atoms with van der Waals surface area (Å²) in [7, 11) is 0. The van der Waals surface area contributed by atoms with Gasteiger partial charge in [-0.25, -0.2) is 4.79 Å². The lowest BCUT2D eigenvalue weighted by molar-refractivity contribution is -0.131. The lowest BCUT2D eigenvalue weighted by Crippen LogP contribution is -1.84. The first-order chi connectivity index (χ1) is 11.8. The second kappa shape index (κ2) is 18.7. The first-order valence-corrected chi connectivity index (χ1v) is 8.58. The number of carbonyl (C=O) groups is 1. The van der Waals surface area contributed by atoms with Crippen LogP contribution in [0, 0.1) is 0 Å². The molecule has 2 nitrogen and oxygen atoms in total. The molecule has 0 fully saturated rings. The first-order valence-electron chi connectivity index (χ1n) is 8.58. The number of carboxylic acids is 1. The van der Waals surface area contributed by atoms with Gasteiger partial charge in [0.1, 0.15) is 0 Å². The van der Waals surface area contributed by atoms with E-state index in [9.17, 15) is 4.79 Å². The Morgan fingerprint density at radius 2 is 1.00 bits per heavy atom. The van der Waals surface area contributed by atoms with Gasteiger partial charge in [0.15, 0.2) is 0 Å². The van der Waals surface area contributed by atoms with Gasteiger partial charge in [0, 0.05) is 6.08 Å². The third kappa shape index (κ3) is 19.7. The molecule has 0 aliphatic rings. The molecular formula is C22H30O2. The third-order valence-corrected chi connectivity index (χ3v) is 2.92. The molecule has 0 spiro atoms. The molecule has 0 unspecified atom stereocenters. The van der Waals surface area contributed by atoms with Crippen LogP contribution in [0.25, 0.3) is 0 Å². The fourth-order valence-corrected chi connectivity index (χ4v) is 1.72. The Morgan fingerprint density at radius 1 is 0.625 bits per heavy atom. The van der Waals surface area contributed by atoms with Crippen molar-refractivity contribution in [3.63, 3.8) is 0 Å². The number of aliphatic carboxylic acids is 1. The largest absolute Gasteiger partial charge is 0.478 e. The lowest BCUT2D eigenvalue weighted by atomic mass is 10.2. The molecule has 0 amide bonds. The van der Waals surface area contributed by atoms with Crippen LogP contribution in [0.3, 0.4) is 0 Å². The average Bonchev–Trinajstić information content (AvgIpc) is 2.56. The molecule has 0 aromatic heterocycles. The van der Waals surface area contributed by atoms with Crippen LogP contribution in [0.1, 0.15) is 45.4 Å². The number of rotatable bonds is 13. The van der Waals surface area contributed by atoms with Gasteiger partial charge < -0.3 is 5.11 Å². The van der Waals surface area contributed by atoms with Crippen molar-refractivity contribution in [2.24, 2.45) is 0 Å². The average molecular weight is 326 g/mol. The zero-order valence-corrected chi connectivity index (χ0v) is 14.7. The molecule has 0 radical (unpaired) electrons. The van der Waals surface area contributed by atoms with Crippen LogP contribution < -0.4 is 0 Å².